The molecule has 0 aromatic heterocycles. The Balaban J connectivity index is 1.60. The first-order chi connectivity index (χ1) is 9.78. The van der Waals surface area contributed by atoms with Gasteiger partial charge >= 0.3 is 0 Å². The third-order valence-corrected chi connectivity index (χ3v) is 4.65. The van der Waals surface area contributed by atoms with E-state index in [1.807, 2.05) is 12.1 Å². The third kappa shape index (κ3) is 3.08. The zero-order valence-corrected chi connectivity index (χ0v) is 12.4. The van der Waals surface area contributed by atoms with Gasteiger partial charge in [0.25, 0.3) is 0 Å². The van der Waals surface area contributed by atoms with E-state index in [1.54, 1.807) is 6.07 Å². The zero-order chi connectivity index (χ0) is 13.9. The van der Waals surface area contributed by atoms with Crippen LogP contribution in [0.25, 0.3) is 0 Å². The van der Waals surface area contributed by atoms with Gasteiger partial charge in [0.1, 0.15) is 6.07 Å². The van der Waals surface area contributed by atoms with E-state index < -0.39 is 0 Å². The second-order valence-electron chi connectivity index (χ2n) is 5.86. The van der Waals surface area contributed by atoms with Crippen LogP contribution in [0.2, 0.25) is 5.02 Å². The van der Waals surface area contributed by atoms with Gasteiger partial charge in [0.15, 0.2) is 0 Å². The highest BCUT2D eigenvalue weighted by Crippen LogP contribution is 2.30. The van der Waals surface area contributed by atoms with Crippen molar-refractivity contribution in [1.82, 2.24) is 5.32 Å². The molecule has 0 atom stereocenters. The molecule has 0 radical (unpaired) electrons. The third-order valence-electron chi connectivity index (χ3n) is 4.33. The fourth-order valence-corrected chi connectivity index (χ4v) is 3.08. The minimum Gasteiger partial charge on any atom is -0.370 e. The van der Waals surface area contributed by atoms with E-state index >= 15 is 0 Å². The van der Waals surface area contributed by atoms with Crippen LogP contribution in [-0.2, 0) is 0 Å². The lowest BCUT2D eigenvalue weighted by Crippen LogP contribution is -2.43. The first-order valence-corrected chi connectivity index (χ1v) is 7.82. The Labute approximate surface area is 125 Å². The summed E-state index contributed by atoms with van der Waals surface area (Å²) in [6.07, 6.45) is 5.09. The molecule has 1 heterocycles. The largest absolute Gasteiger partial charge is 0.370 e. The van der Waals surface area contributed by atoms with E-state index in [1.165, 1.54) is 19.4 Å². The van der Waals surface area contributed by atoms with Gasteiger partial charge in [-0.2, -0.15) is 5.26 Å². The van der Waals surface area contributed by atoms with Gasteiger partial charge in [-0.05, 0) is 50.3 Å². The fraction of sp³-hybridized carbons (Fsp3) is 0.562. The second-order valence-corrected chi connectivity index (χ2v) is 6.27. The predicted molar refractivity (Wildman–Crippen MR) is 82.1 cm³/mol. The molecule has 3 nitrogen and oxygen atoms in total. The lowest BCUT2D eigenvalue weighted by Gasteiger charge is -2.34. The van der Waals surface area contributed by atoms with E-state index in [-0.39, 0.29) is 0 Å². The van der Waals surface area contributed by atoms with Crippen molar-refractivity contribution in [2.24, 2.45) is 5.92 Å². The van der Waals surface area contributed by atoms with E-state index in [9.17, 15) is 5.26 Å². The molecule has 0 amide bonds. The first-order valence-electron chi connectivity index (χ1n) is 7.45. The molecule has 1 aromatic carbocycles. The quantitative estimate of drug-likeness (QED) is 0.925. The van der Waals surface area contributed by atoms with Gasteiger partial charge in [-0.1, -0.05) is 17.7 Å². The first kappa shape index (κ1) is 13.7. The molecular weight excluding hydrogens is 270 g/mol. The average molecular weight is 290 g/mol. The van der Waals surface area contributed by atoms with Gasteiger partial charge < -0.3 is 10.2 Å². The summed E-state index contributed by atoms with van der Waals surface area (Å²) < 4.78 is 0. The number of anilines is 1. The highest BCUT2D eigenvalue weighted by molar-refractivity contribution is 6.32. The molecule has 4 heteroatoms. The van der Waals surface area contributed by atoms with E-state index in [0.717, 1.165) is 37.5 Å². The maximum absolute atomic E-state index is 9.26. The molecule has 3 rings (SSSR count). The average Bonchev–Trinajstić information content (AvgIpc) is 3.30. The van der Waals surface area contributed by atoms with Crippen LogP contribution in [0.15, 0.2) is 18.2 Å². The molecule has 1 aromatic rings. The number of nitriles is 1. The minimum atomic E-state index is 0.555. The number of nitrogens with one attached hydrogen (secondary N) is 1. The maximum atomic E-state index is 9.26. The Kier molecular flexibility index (Phi) is 4.14. The molecule has 1 aliphatic carbocycles. The van der Waals surface area contributed by atoms with E-state index in [0.29, 0.717) is 16.6 Å². The molecule has 1 aliphatic heterocycles. The monoisotopic (exact) mass is 289 g/mol. The van der Waals surface area contributed by atoms with Crippen LogP contribution in [0.1, 0.15) is 31.2 Å². The summed E-state index contributed by atoms with van der Waals surface area (Å²) in [5.41, 5.74) is 1.60. The van der Waals surface area contributed by atoms with Crippen molar-refractivity contribution < 1.29 is 0 Å². The topological polar surface area (TPSA) is 39.1 Å². The number of hydrogen-bond donors (Lipinski definition) is 1. The Hall–Kier alpha value is -1.24. The van der Waals surface area contributed by atoms with Crippen LogP contribution in [0.3, 0.4) is 0 Å². The van der Waals surface area contributed by atoms with Gasteiger partial charge in [-0.25, -0.2) is 0 Å². The van der Waals surface area contributed by atoms with Gasteiger partial charge in [-0.15, -0.1) is 0 Å². The minimum absolute atomic E-state index is 0.555. The van der Waals surface area contributed by atoms with Crippen molar-refractivity contribution in [3.8, 4) is 6.07 Å². The molecule has 1 saturated carbocycles. The molecule has 106 valence electrons. The normalized spacial score (nSPS) is 19.9. The van der Waals surface area contributed by atoms with E-state index in [2.05, 4.69) is 16.3 Å². The molecule has 0 bridgehead atoms. The van der Waals surface area contributed by atoms with Crippen LogP contribution in [0.4, 0.5) is 5.69 Å². The van der Waals surface area contributed by atoms with Crippen LogP contribution in [-0.4, -0.2) is 25.7 Å². The summed E-state index contributed by atoms with van der Waals surface area (Å²) in [4.78, 5) is 2.29. The molecule has 1 N–H and O–H groups in total. The van der Waals surface area contributed by atoms with Crippen LogP contribution in [0.5, 0.6) is 0 Å². The number of piperidine rings is 1. The second kappa shape index (κ2) is 6.03. The highest BCUT2D eigenvalue weighted by Gasteiger charge is 2.25. The molecular formula is C16H20ClN3. The van der Waals surface area contributed by atoms with Crippen LogP contribution >= 0.6 is 11.6 Å². The lowest BCUT2D eigenvalue weighted by atomic mass is 10.0. The van der Waals surface area contributed by atoms with Crippen molar-refractivity contribution in [2.75, 3.05) is 24.5 Å². The van der Waals surface area contributed by atoms with Crippen LogP contribution in [0, 0.1) is 17.2 Å². The summed E-state index contributed by atoms with van der Waals surface area (Å²) >= 11 is 6.11. The van der Waals surface area contributed by atoms with Crippen molar-refractivity contribution in [3.63, 3.8) is 0 Å². The van der Waals surface area contributed by atoms with Gasteiger partial charge in [0.05, 0.1) is 16.3 Å². The standard InChI is InChI=1S/C16H20ClN3/c17-15-2-1-3-16(14(15)10-18)20-8-6-13(7-9-20)19-11-12-4-5-12/h1-3,12-13,19H,4-9,11H2. The molecule has 20 heavy (non-hydrogen) atoms. The molecule has 2 aliphatic rings. The summed E-state index contributed by atoms with van der Waals surface area (Å²) in [6, 6.07) is 8.58. The van der Waals surface area contributed by atoms with Crippen molar-refractivity contribution >= 4 is 17.3 Å². The van der Waals surface area contributed by atoms with Crippen LogP contribution < -0.4 is 10.2 Å². The summed E-state index contributed by atoms with van der Waals surface area (Å²) in [7, 11) is 0. The number of rotatable bonds is 4. The van der Waals surface area contributed by atoms with Gasteiger partial charge in [0, 0.05) is 19.1 Å². The van der Waals surface area contributed by atoms with E-state index in [4.69, 9.17) is 11.6 Å². The summed E-state index contributed by atoms with van der Waals surface area (Å²) in [6.45, 7) is 3.18. The number of halogens is 1. The number of nitrogens with zero attached hydrogens (tertiary/aromatic N) is 2. The number of benzene rings is 1. The Morgan fingerprint density at radius 1 is 1.25 bits per heavy atom. The zero-order valence-electron chi connectivity index (χ0n) is 11.6. The Morgan fingerprint density at radius 3 is 2.65 bits per heavy atom. The highest BCUT2D eigenvalue weighted by atomic mass is 35.5. The Morgan fingerprint density at radius 2 is 2.00 bits per heavy atom. The molecule has 0 unspecified atom stereocenters. The lowest BCUT2D eigenvalue weighted by molar-refractivity contribution is 0.409. The predicted octanol–water partition coefficient (Wildman–Crippen LogP) is 3.18. The van der Waals surface area contributed by atoms with Crippen molar-refractivity contribution in [2.45, 2.75) is 31.7 Å². The molecule has 1 saturated heterocycles. The number of hydrogen-bond acceptors (Lipinski definition) is 3. The fourth-order valence-electron chi connectivity index (χ4n) is 2.87. The molecule has 2 fully saturated rings. The maximum Gasteiger partial charge on any atom is 0.103 e. The van der Waals surface area contributed by atoms with Crippen molar-refractivity contribution in [1.29, 1.82) is 5.26 Å². The smallest absolute Gasteiger partial charge is 0.103 e. The van der Waals surface area contributed by atoms with Crippen molar-refractivity contribution in [3.05, 3.63) is 28.8 Å². The molecule has 0 spiro atoms. The summed E-state index contributed by atoms with van der Waals surface area (Å²) in [5.74, 6) is 0.936. The van der Waals surface area contributed by atoms with Gasteiger partial charge in [-0.3, -0.25) is 0 Å². The Bertz CT molecular complexity index is 511. The summed E-state index contributed by atoms with van der Waals surface area (Å²) in [5, 5.41) is 13.5. The SMILES string of the molecule is N#Cc1c(Cl)cccc1N1CCC(NCC2CC2)CC1. The van der Waals surface area contributed by atoms with Gasteiger partial charge in [0.2, 0.25) is 0 Å².